The highest BCUT2D eigenvalue weighted by molar-refractivity contribution is 5.97. The van der Waals surface area contributed by atoms with Crippen LogP contribution in [0.1, 0.15) is 19.4 Å². The van der Waals surface area contributed by atoms with Gasteiger partial charge in [-0.05, 0) is 43.7 Å². The van der Waals surface area contributed by atoms with Crippen LogP contribution < -0.4 is 16.0 Å². The van der Waals surface area contributed by atoms with E-state index in [9.17, 15) is 9.59 Å². The Bertz CT molecular complexity index is 713. The number of carbonyl (C=O) groups excluding carboxylic acids is 2. The minimum Gasteiger partial charge on any atom is -0.374 e. The smallest absolute Gasteiger partial charge is 0.246 e. The fourth-order valence-electron chi connectivity index (χ4n) is 2.16. The summed E-state index contributed by atoms with van der Waals surface area (Å²) in [4.78, 5) is 23.4. The van der Waals surface area contributed by atoms with Crippen LogP contribution in [-0.4, -0.2) is 17.9 Å². The van der Waals surface area contributed by atoms with Crippen LogP contribution >= 0.6 is 0 Å². The van der Waals surface area contributed by atoms with Crippen molar-refractivity contribution >= 4 is 28.9 Å². The fraction of sp³-hybridized carbons (Fsp3) is 0.222. The van der Waals surface area contributed by atoms with Crippen LogP contribution in [0.4, 0.5) is 17.1 Å². The van der Waals surface area contributed by atoms with E-state index < -0.39 is 6.04 Å². The number of carbonyl (C=O) groups is 2. The summed E-state index contributed by atoms with van der Waals surface area (Å²) in [7, 11) is 0. The summed E-state index contributed by atoms with van der Waals surface area (Å²) in [5, 5.41) is 8.75. The molecule has 0 saturated carbocycles. The molecule has 2 aromatic rings. The number of hydrogen-bond donors (Lipinski definition) is 3. The molecule has 3 N–H and O–H groups in total. The topological polar surface area (TPSA) is 70.2 Å². The normalized spacial score (nSPS) is 11.4. The maximum Gasteiger partial charge on any atom is 0.246 e. The highest BCUT2D eigenvalue weighted by atomic mass is 16.2. The van der Waals surface area contributed by atoms with Crippen molar-refractivity contribution in [2.45, 2.75) is 26.8 Å². The van der Waals surface area contributed by atoms with E-state index in [4.69, 9.17) is 0 Å². The summed E-state index contributed by atoms with van der Waals surface area (Å²) in [5.74, 6) is -0.253. The number of hydrogen-bond acceptors (Lipinski definition) is 3. The molecule has 0 radical (unpaired) electrons. The molecule has 5 heteroatoms. The van der Waals surface area contributed by atoms with Gasteiger partial charge in [-0.15, -0.1) is 0 Å². The van der Waals surface area contributed by atoms with Crippen LogP contribution in [0.5, 0.6) is 0 Å². The van der Waals surface area contributed by atoms with Gasteiger partial charge in [0.25, 0.3) is 0 Å². The molecule has 1 unspecified atom stereocenters. The quantitative estimate of drug-likeness (QED) is 0.792. The summed E-state index contributed by atoms with van der Waals surface area (Å²) in [6, 6.07) is 14.5. The number of nitrogens with one attached hydrogen (secondary N) is 3. The van der Waals surface area contributed by atoms with Crippen LogP contribution in [0.3, 0.4) is 0 Å². The predicted molar refractivity (Wildman–Crippen MR) is 93.6 cm³/mol. The van der Waals surface area contributed by atoms with E-state index in [1.807, 2.05) is 43.3 Å². The predicted octanol–water partition coefficient (Wildman–Crippen LogP) is 3.39. The van der Waals surface area contributed by atoms with E-state index in [1.54, 1.807) is 19.1 Å². The monoisotopic (exact) mass is 311 g/mol. The Kier molecular flexibility index (Phi) is 5.36. The molecule has 23 heavy (non-hydrogen) atoms. The minimum atomic E-state index is -0.415. The summed E-state index contributed by atoms with van der Waals surface area (Å²) >= 11 is 0. The van der Waals surface area contributed by atoms with Gasteiger partial charge in [-0.25, -0.2) is 0 Å². The number of anilines is 3. The van der Waals surface area contributed by atoms with Gasteiger partial charge in [-0.1, -0.05) is 24.3 Å². The van der Waals surface area contributed by atoms with E-state index >= 15 is 0 Å². The molecule has 0 aliphatic heterocycles. The molecule has 0 heterocycles. The second-order valence-corrected chi connectivity index (χ2v) is 5.43. The Morgan fingerprint density at radius 2 is 1.65 bits per heavy atom. The molecule has 0 fully saturated rings. The van der Waals surface area contributed by atoms with Gasteiger partial charge in [-0.3, -0.25) is 9.59 Å². The largest absolute Gasteiger partial charge is 0.374 e. The Morgan fingerprint density at radius 1 is 0.957 bits per heavy atom. The molecular weight excluding hydrogens is 290 g/mol. The second kappa shape index (κ2) is 7.45. The van der Waals surface area contributed by atoms with Crippen molar-refractivity contribution in [3.05, 3.63) is 54.1 Å². The van der Waals surface area contributed by atoms with Gasteiger partial charge in [0, 0.05) is 24.0 Å². The van der Waals surface area contributed by atoms with Crippen molar-refractivity contribution < 1.29 is 9.59 Å². The van der Waals surface area contributed by atoms with E-state index in [0.717, 1.165) is 16.9 Å². The van der Waals surface area contributed by atoms with Gasteiger partial charge in [0.2, 0.25) is 11.8 Å². The third kappa shape index (κ3) is 4.85. The minimum absolute atomic E-state index is 0.121. The average molecular weight is 311 g/mol. The lowest BCUT2D eigenvalue weighted by Crippen LogP contribution is -2.32. The van der Waals surface area contributed by atoms with Gasteiger partial charge < -0.3 is 16.0 Å². The number of para-hydroxylation sites is 1. The zero-order valence-corrected chi connectivity index (χ0v) is 13.5. The molecule has 2 rings (SSSR count). The first kappa shape index (κ1) is 16.5. The third-order valence-corrected chi connectivity index (χ3v) is 3.36. The van der Waals surface area contributed by atoms with Gasteiger partial charge in [0.1, 0.15) is 6.04 Å². The Hall–Kier alpha value is -2.82. The van der Waals surface area contributed by atoms with E-state index in [-0.39, 0.29) is 11.8 Å². The Labute approximate surface area is 136 Å². The van der Waals surface area contributed by atoms with Crippen LogP contribution in [0.2, 0.25) is 0 Å². The van der Waals surface area contributed by atoms with Gasteiger partial charge in [0.05, 0.1) is 0 Å². The lowest BCUT2D eigenvalue weighted by atomic mass is 10.2. The van der Waals surface area contributed by atoms with Gasteiger partial charge in [0.15, 0.2) is 0 Å². The van der Waals surface area contributed by atoms with Crippen LogP contribution in [0.15, 0.2) is 48.5 Å². The first-order valence-electron chi connectivity index (χ1n) is 7.46. The molecule has 120 valence electrons. The highest BCUT2D eigenvalue weighted by Gasteiger charge is 2.13. The Morgan fingerprint density at radius 3 is 2.35 bits per heavy atom. The zero-order chi connectivity index (χ0) is 16.8. The van der Waals surface area contributed by atoms with E-state index in [1.165, 1.54) is 6.92 Å². The molecule has 0 aliphatic rings. The number of amides is 2. The van der Waals surface area contributed by atoms with Crippen molar-refractivity contribution in [1.29, 1.82) is 0 Å². The molecule has 2 amide bonds. The lowest BCUT2D eigenvalue weighted by Gasteiger charge is -2.17. The zero-order valence-electron chi connectivity index (χ0n) is 13.5. The molecule has 0 saturated heterocycles. The summed E-state index contributed by atoms with van der Waals surface area (Å²) in [5.41, 5.74) is 3.27. The molecule has 0 aromatic heterocycles. The van der Waals surface area contributed by atoms with Crippen molar-refractivity contribution in [3.63, 3.8) is 0 Å². The van der Waals surface area contributed by atoms with Gasteiger partial charge >= 0.3 is 0 Å². The highest BCUT2D eigenvalue weighted by Crippen LogP contribution is 2.17. The molecule has 0 spiro atoms. The van der Waals surface area contributed by atoms with Crippen molar-refractivity contribution in [2.24, 2.45) is 0 Å². The first-order chi connectivity index (χ1) is 11.0. The van der Waals surface area contributed by atoms with Gasteiger partial charge in [-0.2, -0.15) is 0 Å². The van der Waals surface area contributed by atoms with E-state index in [2.05, 4.69) is 16.0 Å². The Balaban J connectivity index is 2.01. The molecule has 0 aliphatic carbocycles. The molecule has 5 nitrogen and oxygen atoms in total. The third-order valence-electron chi connectivity index (χ3n) is 3.36. The van der Waals surface area contributed by atoms with Crippen molar-refractivity contribution in [3.8, 4) is 0 Å². The van der Waals surface area contributed by atoms with Crippen molar-refractivity contribution in [2.75, 3.05) is 16.0 Å². The number of benzene rings is 2. The molecule has 0 bridgehead atoms. The maximum absolute atomic E-state index is 12.3. The fourth-order valence-corrected chi connectivity index (χ4v) is 2.16. The van der Waals surface area contributed by atoms with Crippen LogP contribution in [0, 0.1) is 6.92 Å². The molecule has 2 aromatic carbocycles. The second-order valence-electron chi connectivity index (χ2n) is 5.43. The average Bonchev–Trinajstić information content (AvgIpc) is 2.49. The van der Waals surface area contributed by atoms with Crippen molar-refractivity contribution in [1.82, 2.24) is 0 Å². The summed E-state index contributed by atoms with van der Waals surface area (Å²) < 4.78 is 0. The number of rotatable bonds is 5. The van der Waals surface area contributed by atoms with Crippen LogP contribution in [0.25, 0.3) is 0 Å². The number of aryl methyl sites for hydroxylation is 1. The molecular formula is C18H21N3O2. The maximum atomic E-state index is 12.3. The first-order valence-corrected chi connectivity index (χ1v) is 7.46. The lowest BCUT2D eigenvalue weighted by molar-refractivity contribution is -0.116. The SMILES string of the molecule is CC(=O)Nc1cccc(NC(C)C(=O)Nc2ccccc2C)c1. The molecule has 1 atom stereocenters. The summed E-state index contributed by atoms with van der Waals surface area (Å²) in [6.45, 7) is 5.20. The van der Waals surface area contributed by atoms with E-state index in [0.29, 0.717) is 5.69 Å². The van der Waals surface area contributed by atoms with Crippen LogP contribution in [-0.2, 0) is 9.59 Å². The summed E-state index contributed by atoms with van der Waals surface area (Å²) in [6.07, 6.45) is 0. The standard InChI is InChI=1S/C18H21N3O2/c1-12-7-4-5-10-17(12)21-18(23)13(2)19-15-8-6-9-16(11-15)20-14(3)22/h4-11,13,19H,1-3H3,(H,20,22)(H,21,23).